The smallest absolute Gasteiger partial charge is 0.326 e. The molecule has 0 saturated heterocycles. The first kappa shape index (κ1) is 27.7. The zero-order chi connectivity index (χ0) is 28.6. The second kappa shape index (κ2) is 13.0. The number of nitrogens with zero attached hydrogens (tertiary/aromatic N) is 3. The number of hydrogen-bond donors (Lipinski definition) is 3. The van der Waals surface area contributed by atoms with Gasteiger partial charge in [-0.15, -0.1) is 5.11 Å². The minimum Gasteiger partial charge on any atom is -0.366 e. The van der Waals surface area contributed by atoms with Crippen LogP contribution in [0.2, 0.25) is 0 Å². The number of benzene rings is 3. The van der Waals surface area contributed by atoms with E-state index >= 15 is 0 Å². The molecule has 4 N–H and O–H groups in total. The molecule has 0 saturated carbocycles. The molecule has 1 aliphatic rings. The summed E-state index contributed by atoms with van der Waals surface area (Å²) in [5.41, 5.74) is 19.5. The summed E-state index contributed by atoms with van der Waals surface area (Å²) in [5, 5.41) is 10.1. The number of anilines is 2. The monoisotopic (exact) mass is 562 g/mol. The summed E-state index contributed by atoms with van der Waals surface area (Å²) in [6.45, 7) is 0.278. The number of allylic oxidation sites excluding steroid dienone is 2. The molecular weight excluding hydrogens is 532 g/mol. The average molecular weight is 563 g/mol. The lowest BCUT2D eigenvalue weighted by molar-refractivity contribution is 0.100. The van der Waals surface area contributed by atoms with Gasteiger partial charge in [-0.2, -0.15) is 16.3 Å². The standard InChI is InChI=1S/C32H30N6O2S/c33-31(37-34)36-30(39)25-11-9-22(10-12-25)20-38(29-15-13-24(14-16-29)23-5-2-1-3-6-23)32(40)35-28-8-4-7-26(19-28)27-17-18-41-21-27/h4-5,7-19,21,34H,1-3,6,20H2,(H,35,40)(H2,33,36,39). The Balaban J connectivity index is 1.40. The van der Waals surface area contributed by atoms with Gasteiger partial charge >= 0.3 is 6.03 Å². The third-order valence-electron chi connectivity index (χ3n) is 6.93. The van der Waals surface area contributed by atoms with Crippen LogP contribution in [0.15, 0.2) is 106 Å². The first-order chi connectivity index (χ1) is 20.0. The zero-order valence-corrected chi connectivity index (χ0v) is 23.2. The van der Waals surface area contributed by atoms with Gasteiger partial charge in [0.05, 0.1) is 6.54 Å². The highest BCUT2D eigenvalue weighted by Crippen LogP contribution is 2.30. The van der Waals surface area contributed by atoms with E-state index in [1.165, 1.54) is 24.0 Å². The Bertz CT molecular complexity index is 1590. The fourth-order valence-electron chi connectivity index (χ4n) is 4.76. The van der Waals surface area contributed by atoms with Crippen molar-refractivity contribution in [3.05, 3.63) is 112 Å². The highest BCUT2D eigenvalue weighted by atomic mass is 32.1. The third kappa shape index (κ3) is 7.01. The summed E-state index contributed by atoms with van der Waals surface area (Å²) in [7, 11) is 0. The van der Waals surface area contributed by atoms with Gasteiger partial charge in [0, 0.05) is 16.9 Å². The van der Waals surface area contributed by atoms with Gasteiger partial charge in [0.1, 0.15) is 0 Å². The van der Waals surface area contributed by atoms with Crippen molar-refractivity contribution in [1.82, 2.24) is 0 Å². The van der Waals surface area contributed by atoms with Gasteiger partial charge in [-0.25, -0.2) is 10.3 Å². The summed E-state index contributed by atoms with van der Waals surface area (Å²) >= 11 is 1.63. The summed E-state index contributed by atoms with van der Waals surface area (Å²) < 4.78 is 0. The van der Waals surface area contributed by atoms with Crippen molar-refractivity contribution in [3.8, 4) is 11.1 Å². The largest absolute Gasteiger partial charge is 0.366 e. The normalized spacial score (nSPS) is 13.3. The number of carbonyl (C=O) groups is 2. The molecule has 1 aromatic heterocycles. The van der Waals surface area contributed by atoms with E-state index in [-0.39, 0.29) is 12.6 Å². The van der Waals surface area contributed by atoms with Crippen molar-refractivity contribution in [2.24, 2.45) is 15.8 Å². The van der Waals surface area contributed by atoms with Crippen molar-refractivity contribution < 1.29 is 9.59 Å². The molecule has 0 fully saturated rings. The van der Waals surface area contributed by atoms with Gasteiger partial charge in [0.25, 0.3) is 5.91 Å². The Morgan fingerprint density at radius 3 is 2.44 bits per heavy atom. The van der Waals surface area contributed by atoms with Crippen LogP contribution in [0.3, 0.4) is 0 Å². The molecule has 206 valence electrons. The molecule has 41 heavy (non-hydrogen) atoms. The third-order valence-corrected chi connectivity index (χ3v) is 7.61. The van der Waals surface area contributed by atoms with E-state index in [1.54, 1.807) is 40.5 Å². The van der Waals surface area contributed by atoms with E-state index in [9.17, 15) is 9.59 Å². The summed E-state index contributed by atoms with van der Waals surface area (Å²) in [5.74, 6) is -0.991. The van der Waals surface area contributed by atoms with E-state index in [1.807, 2.05) is 41.8 Å². The fraction of sp³-hybridized carbons (Fsp3) is 0.156. The molecule has 4 aromatic rings. The highest BCUT2D eigenvalue weighted by molar-refractivity contribution is 7.08. The molecule has 3 aromatic carbocycles. The minimum atomic E-state index is -0.585. The quantitative estimate of drug-likeness (QED) is 0.120. The van der Waals surface area contributed by atoms with Crippen LogP contribution in [0.4, 0.5) is 16.2 Å². The summed E-state index contributed by atoms with van der Waals surface area (Å²) in [6, 6.07) is 24.5. The molecule has 1 aliphatic carbocycles. The topological polar surface area (TPSA) is 124 Å². The van der Waals surface area contributed by atoms with E-state index < -0.39 is 11.9 Å². The maximum Gasteiger partial charge on any atom is 0.326 e. The Morgan fingerprint density at radius 1 is 0.951 bits per heavy atom. The number of urea groups is 1. The number of amides is 3. The lowest BCUT2D eigenvalue weighted by Crippen LogP contribution is -2.34. The molecule has 9 heteroatoms. The van der Waals surface area contributed by atoms with Crippen LogP contribution in [0.5, 0.6) is 0 Å². The van der Waals surface area contributed by atoms with Gasteiger partial charge < -0.3 is 11.1 Å². The number of nitrogens with one attached hydrogen (secondary N) is 2. The van der Waals surface area contributed by atoms with Crippen molar-refractivity contribution in [3.63, 3.8) is 0 Å². The van der Waals surface area contributed by atoms with E-state index in [4.69, 9.17) is 11.3 Å². The molecule has 0 unspecified atom stereocenters. The number of hydrogen-bond acceptors (Lipinski definition) is 4. The molecule has 3 amide bonds. The van der Waals surface area contributed by atoms with Crippen LogP contribution < -0.4 is 16.0 Å². The Hall–Kier alpha value is -4.89. The Labute approximate surface area is 242 Å². The van der Waals surface area contributed by atoms with Crippen LogP contribution in [0.1, 0.15) is 47.2 Å². The molecule has 0 aliphatic heterocycles. The van der Waals surface area contributed by atoms with Gasteiger partial charge in [0.2, 0.25) is 5.96 Å². The first-order valence-electron chi connectivity index (χ1n) is 13.4. The predicted octanol–water partition coefficient (Wildman–Crippen LogP) is 8.10. The minimum absolute atomic E-state index is 0.272. The van der Waals surface area contributed by atoms with Gasteiger partial charge in [-0.3, -0.25) is 9.69 Å². The molecule has 1 heterocycles. The first-order valence-corrected chi connectivity index (χ1v) is 14.3. The molecule has 0 radical (unpaired) electrons. The SMILES string of the molecule is N=NC(N)=NC(=O)c1ccc(CN(C(=O)Nc2cccc(-c3ccsc3)c2)c2ccc(C3=CCCCC3)cc2)cc1. The maximum atomic E-state index is 13.7. The van der Waals surface area contributed by atoms with Gasteiger partial charge in [-0.05, 0) is 107 Å². The molecule has 5 rings (SSSR count). The van der Waals surface area contributed by atoms with Crippen LogP contribution in [-0.2, 0) is 6.54 Å². The molecule has 0 atom stereocenters. The Kier molecular flexibility index (Phi) is 8.76. The highest BCUT2D eigenvalue weighted by Gasteiger charge is 2.18. The number of aliphatic imine (C=N–C) groups is 1. The van der Waals surface area contributed by atoms with Crippen LogP contribution in [-0.4, -0.2) is 17.9 Å². The number of guanidine groups is 1. The van der Waals surface area contributed by atoms with Crippen molar-refractivity contribution >= 4 is 46.2 Å². The van der Waals surface area contributed by atoms with Crippen molar-refractivity contribution in [2.45, 2.75) is 32.2 Å². The van der Waals surface area contributed by atoms with Crippen molar-refractivity contribution in [2.75, 3.05) is 10.2 Å². The van der Waals surface area contributed by atoms with Gasteiger partial charge in [-0.1, -0.05) is 42.5 Å². The molecular formula is C32H30N6O2S. The lowest BCUT2D eigenvalue weighted by atomic mass is 9.93. The number of carbonyl (C=O) groups excluding carboxylic acids is 2. The van der Waals surface area contributed by atoms with Gasteiger partial charge in [0.15, 0.2) is 0 Å². The second-order valence-corrected chi connectivity index (χ2v) is 10.5. The van der Waals surface area contributed by atoms with Crippen LogP contribution >= 0.6 is 11.3 Å². The van der Waals surface area contributed by atoms with Crippen LogP contribution in [0, 0.1) is 5.53 Å². The predicted molar refractivity (Wildman–Crippen MR) is 165 cm³/mol. The van der Waals surface area contributed by atoms with E-state index in [0.717, 1.165) is 35.2 Å². The van der Waals surface area contributed by atoms with Crippen molar-refractivity contribution in [1.29, 1.82) is 5.53 Å². The maximum absolute atomic E-state index is 13.7. The summed E-state index contributed by atoms with van der Waals surface area (Å²) in [4.78, 5) is 31.2. The van der Waals surface area contributed by atoms with E-state index in [2.05, 4.69) is 45.1 Å². The average Bonchev–Trinajstić information content (AvgIpc) is 3.56. The number of rotatable bonds is 7. The summed E-state index contributed by atoms with van der Waals surface area (Å²) in [6.07, 6.45) is 6.90. The second-order valence-electron chi connectivity index (χ2n) is 9.72. The number of thiophene rings is 1. The molecule has 8 nitrogen and oxygen atoms in total. The fourth-order valence-corrected chi connectivity index (χ4v) is 5.43. The molecule has 0 bridgehead atoms. The number of nitrogens with two attached hydrogens (primary N) is 1. The van der Waals surface area contributed by atoms with Crippen LogP contribution in [0.25, 0.3) is 16.7 Å². The molecule has 0 spiro atoms. The lowest BCUT2D eigenvalue weighted by Gasteiger charge is -2.24. The zero-order valence-electron chi connectivity index (χ0n) is 22.4. The van der Waals surface area contributed by atoms with E-state index in [0.29, 0.717) is 11.3 Å². The Morgan fingerprint density at radius 2 is 1.76 bits per heavy atom.